The van der Waals surface area contributed by atoms with E-state index in [4.69, 9.17) is 0 Å². The van der Waals surface area contributed by atoms with E-state index in [1.54, 1.807) is 4.90 Å². The minimum absolute atomic E-state index is 0.0602. The molecule has 3 rings (SSSR count). The van der Waals surface area contributed by atoms with Crippen molar-refractivity contribution in [2.45, 2.75) is 40.7 Å². The molecule has 2 aromatic carbocycles. The highest BCUT2D eigenvalue weighted by molar-refractivity contribution is 5.79. The minimum atomic E-state index is -0.0602. The second-order valence-corrected chi connectivity index (χ2v) is 8.07. The Hall–Kier alpha value is -2.82. The van der Waals surface area contributed by atoms with E-state index in [2.05, 4.69) is 38.2 Å². The van der Waals surface area contributed by atoms with Crippen molar-refractivity contribution < 1.29 is 9.59 Å². The number of carbonyl (C=O) groups is 2. The van der Waals surface area contributed by atoms with Crippen LogP contribution < -0.4 is 5.32 Å². The molecule has 0 atom stereocenters. The monoisotopic (exact) mass is 393 g/mol. The first-order valence-corrected chi connectivity index (χ1v) is 10.3. The van der Waals surface area contributed by atoms with Crippen molar-refractivity contribution in [3.05, 3.63) is 69.8 Å². The van der Waals surface area contributed by atoms with Gasteiger partial charge in [-0.25, -0.2) is 4.79 Å². The quantitative estimate of drug-likeness (QED) is 0.864. The van der Waals surface area contributed by atoms with Gasteiger partial charge in [-0.1, -0.05) is 47.5 Å². The summed E-state index contributed by atoms with van der Waals surface area (Å²) in [6.07, 6.45) is 0.415. The molecule has 1 fully saturated rings. The van der Waals surface area contributed by atoms with Gasteiger partial charge < -0.3 is 15.1 Å². The fraction of sp³-hybridized carbons (Fsp3) is 0.417. The lowest BCUT2D eigenvalue weighted by Crippen LogP contribution is -2.53. The zero-order valence-corrected chi connectivity index (χ0v) is 17.9. The highest BCUT2D eigenvalue weighted by Gasteiger charge is 2.24. The van der Waals surface area contributed by atoms with E-state index < -0.39 is 0 Å². The van der Waals surface area contributed by atoms with E-state index in [1.807, 2.05) is 36.1 Å². The summed E-state index contributed by atoms with van der Waals surface area (Å²) in [7, 11) is 0. The summed E-state index contributed by atoms with van der Waals surface area (Å²) in [5.41, 5.74) is 7.04. The molecule has 29 heavy (non-hydrogen) atoms. The Balaban J connectivity index is 1.48. The molecule has 1 saturated heterocycles. The van der Waals surface area contributed by atoms with E-state index in [1.165, 1.54) is 27.8 Å². The second kappa shape index (κ2) is 9.12. The van der Waals surface area contributed by atoms with Gasteiger partial charge in [-0.2, -0.15) is 0 Å². The predicted octanol–water partition coefficient (Wildman–Crippen LogP) is 3.52. The molecule has 5 nitrogen and oxygen atoms in total. The van der Waals surface area contributed by atoms with Gasteiger partial charge >= 0.3 is 6.03 Å². The maximum Gasteiger partial charge on any atom is 0.317 e. The maximum absolute atomic E-state index is 12.6. The molecule has 0 aromatic heterocycles. The van der Waals surface area contributed by atoms with Crippen LogP contribution in [0.5, 0.6) is 0 Å². The van der Waals surface area contributed by atoms with Crippen molar-refractivity contribution in [1.29, 1.82) is 0 Å². The van der Waals surface area contributed by atoms with Gasteiger partial charge in [-0.15, -0.1) is 0 Å². The van der Waals surface area contributed by atoms with Gasteiger partial charge in [0.2, 0.25) is 5.91 Å². The number of nitrogens with zero attached hydrogens (tertiary/aromatic N) is 2. The molecule has 1 aliphatic heterocycles. The Morgan fingerprint density at radius 2 is 1.38 bits per heavy atom. The van der Waals surface area contributed by atoms with Crippen LogP contribution in [0.25, 0.3) is 0 Å². The Kier molecular flexibility index (Phi) is 6.57. The number of urea groups is 1. The third kappa shape index (κ3) is 5.37. The predicted molar refractivity (Wildman–Crippen MR) is 116 cm³/mol. The number of carbonyl (C=O) groups excluding carboxylic acids is 2. The van der Waals surface area contributed by atoms with Crippen molar-refractivity contribution in [3.8, 4) is 0 Å². The Labute approximate surface area is 173 Å². The van der Waals surface area contributed by atoms with Gasteiger partial charge in [-0.3, -0.25) is 4.79 Å². The molecule has 154 valence electrons. The van der Waals surface area contributed by atoms with Crippen LogP contribution in [0, 0.1) is 27.7 Å². The largest absolute Gasteiger partial charge is 0.339 e. The van der Waals surface area contributed by atoms with Crippen molar-refractivity contribution in [1.82, 2.24) is 15.1 Å². The first-order chi connectivity index (χ1) is 13.8. The van der Waals surface area contributed by atoms with Gasteiger partial charge in [0.05, 0.1) is 6.42 Å². The Morgan fingerprint density at radius 3 is 1.97 bits per heavy atom. The van der Waals surface area contributed by atoms with E-state index in [0.717, 1.165) is 5.56 Å². The molecule has 0 radical (unpaired) electrons. The molecule has 0 aliphatic carbocycles. The van der Waals surface area contributed by atoms with Crippen LogP contribution in [0.1, 0.15) is 33.4 Å². The molecule has 0 spiro atoms. The normalized spacial score (nSPS) is 14.1. The number of hydrogen-bond acceptors (Lipinski definition) is 2. The van der Waals surface area contributed by atoms with Crippen molar-refractivity contribution >= 4 is 11.9 Å². The van der Waals surface area contributed by atoms with E-state index in [0.29, 0.717) is 39.1 Å². The van der Waals surface area contributed by atoms with Gasteiger partial charge in [0.15, 0.2) is 0 Å². The van der Waals surface area contributed by atoms with Crippen LogP contribution >= 0.6 is 0 Å². The second-order valence-electron chi connectivity index (χ2n) is 8.07. The third-order valence-corrected chi connectivity index (χ3v) is 5.65. The molecule has 1 aliphatic rings. The zero-order valence-electron chi connectivity index (χ0n) is 17.9. The van der Waals surface area contributed by atoms with Crippen LogP contribution in [0.3, 0.4) is 0 Å². The summed E-state index contributed by atoms with van der Waals surface area (Å²) in [5.74, 6) is 0.125. The first-order valence-electron chi connectivity index (χ1n) is 10.3. The Bertz CT molecular complexity index is 858. The molecule has 0 saturated carbocycles. The van der Waals surface area contributed by atoms with Crippen molar-refractivity contribution in [3.63, 3.8) is 0 Å². The third-order valence-electron chi connectivity index (χ3n) is 5.65. The summed E-state index contributed by atoms with van der Waals surface area (Å²) in [6, 6.07) is 12.3. The number of amides is 3. The number of nitrogens with one attached hydrogen (secondary N) is 1. The molecule has 1 heterocycles. The van der Waals surface area contributed by atoms with Crippen LogP contribution in [-0.2, 0) is 17.8 Å². The molecular formula is C24H31N3O2. The highest BCUT2D eigenvalue weighted by Crippen LogP contribution is 2.16. The lowest BCUT2D eigenvalue weighted by atomic mass is 10.00. The number of benzene rings is 2. The number of hydrogen-bond donors (Lipinski definition) is 1. The molecule has 2 aromatic rings. The van der Waals surface area contributed by atoms with Gasteiger partial charge in [0.1, 0.15) is 0 Å². The summed E-state index contributed by atoms with van der Waals surface area (Å²) < 4.78 is 0. The summed E-state index contributed by atoms with van der Waals surface area (Å²) in [4.78, 5) is 28.8. The van der Waals surface area contributed by atoms with Gasteiger partial charge in [0, 0.05) is 32.7 Å². The van der Waals surface area contributed by atoms with Crippen LogP contribution in [0.4, 0.5) is 4.79 Å². The zero-order chi connectivity index (χ0) is 21.0. The maximum atomic E-state index is 12.6. The van der Waals surface area contributed by atoms with Gasteiger partial charge in [0.25, 0.3) is 0 Å². The average Bonchev–Trinajstić information content (AvgIpc) is 2.69. The van der Waals surface area contributed by atoms with Crippen LogP contribution in [-0.4, -0.2) is 47.9 Å². The molecule has 1 N–H and O–H groups in total. The smallest absolute Gasteiger partial charge is 0.317 e. The summed E-state index contributed by atoms with van der Waals surface area (Å²) >= 11 is 0. The van der Waals surface area contributed by atoms with E-state index in [-0.39, 0.29) is 11.9 Å². The van der Waals surface area contributed by atoms with E-state index >= 15 is 0 Å². The number of piperazine rings is 1. The van der Waals surface area contributed by atoms with Crippen molar-refractivity contribution in [2.24, 2.45) is 0 Å². The van der Waals surface area contributed by atoms with Crippen LogP contribution in [0.2, 0.25) is 0 Å². The summed E-state index contributed by atoms with van der Waals surface area (Å²) in [6.45, 7) is 11.1. The minimum Gasteiger partial charge on any atom is -0.339 e. The fourth-order valence-corrected chi connectivity index (χ4v) is 3.92. The number of aryl methyl sites for hydroxylation is 4. The lowest BCUT2D eigenvalue weighted by molar-refractivity contribution is -0.131. The van der Waals surface area contributed by atoms with Gasteiger partial charge in [-0.05, 0) is 49.9 Å². The van der Waals surface area contributed by atoms with Crippen molar-refractivity contribution in [2.75, 3.05) is 26.2 Å². The highest BCUT2D eigenvalue weighted by atomic mass is 16.2. The fourth-order valence-electron chi connectivity index (χ4n) is 3.92. The van der Waals surface area contributed by atoms with E-state index in [9.17, 15) is 9.59 Å². The SMILES string of the molecule is Cc1ccc(CC(=O)N2CCN(C(=O)NCc3c(C)cc(C)cc3C)CC2)cc1. The number of rotatable bonds is 4. The van der Waals surface area contributed by atoms with Crippen LogP contribution in [0.15, 0.2) is 36.4 Å². The first kappa shape index (κ1) is 20.9. The molecule has 0 unspecified atom stereocenters. The topological polar surface area (TPSA) is 52.7 Å². The molecule has 0 bridgehead atoms. The lowest BCUT2D eigenvalue weighted by Gasteiger charge is -2.35. The molecule has 5 heteroatoms. The molecular weight excluding hydrogens is 362 g/mol. The standard InChI is InChI=1S/C24H31N3O2/c1-17-5-7-21(8-6-17)15-23(28)26-9-11-27(12-10-26)24(29)25-16-22-19(3)13-18(2)14-20(22)4/h5-8,13-14H,9-12,15-16H2,1-4H3,(H,25,29). The Morgan fingerprint density at radius 1 is 0.828 bits per heavy atom. The average molecular weight is 394 g/mol. The molecule has 3 amide bonds. The summed E-state index contributed by atoms with van der Waals surface area (Å²) in [5, 5.41) is 3.04.